The second kappa shape index (κ2) is 9.62. The predicted molar refractivity (Wildman–Crippen MR) is 130 cm³/mol. The Morgan fingerprint density at radius 2 is 1.75 bits per heavy atom. The minimum absolute atomic E-state index is 0.0713. The summed E-state index contributed by atoms with van der Waals surface area (Å²) in [6, 6.07) is 22.7. The van der Waals surface area contributed by atoms with Crippen molar-refractivity contribution in [2.45, 2.75) is 19.0 Å². The van der Waals surface area contributed by atoms with Crippen molar-refractivity contribution in [2.24, 2.45) is 5.10 Å². The summed E-state index contributed by atoms with van der Waals surface area (Å²) in [5.74, 6) is -0.209. The fourth-order valence-corrected chi connectivity index (χ4v) is 4.03. The van der Waals surface area contributed by atoms with Crippen molar-refractivity contribution < 1.29 is 4.79 Å². The number of para-hydroxylation sites is 2. The molecular weight excluding hydrogens is 420 g/mol. The smallest absolute Gasteiger partial charge is 0.266 e. The van der Waals surface area contributed by atoms with Crippen molar-refractivity contribution >= 4 is 34.8 Å². The Kier molecular flexibility index (Phi) is 6.47. The van der Waals surface area contributed by atoms with Crippen LogP contribution in [0.2, 0.25) is 0 Å². The number of fused-ring (bicyclic) bond motifs is 1. The maximum absolute atomic E-state index is 13.3. The summed E-state index contributed by atoms with van der Waals surface area (Å²) in [6.07, 6.45) is 1.60. The Morgan fingerprint density at radius 1 is 1.03 bits per heavy atom. The Hall–Kier alpha value is -3.71. The number of rotatable bonds is 6. The zero-order valence-corrected chi connectivity index (χ0v) is 18.6. The summed E-state index contributed by atoms with van der Waals surface area (Å²) in [5.41, 5.74) is 6.72. The van der Waals surface area contributed by atoms with Crippen molar-refractivity contribution in [1.82, 2.24) is 15.0 Å². The van der Waals surface area contributed by atoms with E-state index >= 15 is 0 Å². The van der Waals surface area contributed by atoms with E-state index in [1.807, 2.05) is 74.5 Å². The van der Waals surface area contributed by atoms with Gasteiger partial charge in [-0.2, -0.15) is 5.10 Å². The van der Waals surface area contributed by atoms with E-state index in [1.54, 1.807) is 22.9 Å². The molecule has 1 amide bonds. The largest absolute Gasteiger partial charge is 0.272 e. The number of hydrazone groups is 1. The topological polar surface area (TPSA) is 76.3 Å². The highest BCUT2D eigenvalue weighted by atomic mass is 32.2. The first kappa shape index (κ1) is 21.5. The van der Waals surface area contributed by atoms with Crippen molar-refractivity contribution in [3.05, 3.63) is 99.8 Å². The molecule has 0 spiro atoms. The van der Waals surface area contributed by atoms with Crippen LogP contribution in [0.15, 0.2) is 87.8 Å². The Labute approximate surface area is 190 Å². The van der Waals surface area contributed by atoms with Gasteiger partial charge in [-0.05, 0) is 43.2 Å². The normalized spacial score (nSPS) is 11.2. The number of hydrogen-bond acceptors (Lipinski definition) is 5. The van der Waals surface area contributed by atoms with Crippen LogP contribution in [0.5, 0.6) is 0 Å². The molecule has 0 fully saturated rings. The van der Waals surface area contributed by atoms with Gasteiger partial charge in [0.1, 0.15) is 0 Å². The van der Waals surface area contributed by atoms with E-state index in [0.717, 1.165) is 22.4 Å². The molecule has 0 aliphatic rings. The van der Waals surface area contributed by atoms with Crippen LogP contribution < -0.4 is 11.0 Å². The van der Waals surface area contributed by atoms with Crippen LogP contribution in [0.25, 0.3) is 16.6 Å². The Bertz CT molecular complexity index is 1360. The maximum atomic E-state index is 13.3. The molecule has 6 nitrogen and oxygen atoms in total. The second-order valence-electron chi connectivity index (χ2n) is 7.33. The second-order valence-corrected chi connectivity index (χ2v) is 8.27. The molecule has 0 saturated heterocycles. The van der Waals surface area contributed by atoms with Crippen LogP contribution >= 0.6 is 11.8 Å². The maximum Gasteiger partial charge on any atom is 0.266 e. The van der Waals surface area contributed by atoms with Crippen LogP contribution in [0.4, 0.5) is 0 Å². The lowest BCUT2D eigenvalue weighted by Crippen LogP contribution is -2.24. The number of carbonyl (C=O) groups is 1. The van der Waals surface area contributed by atoms with Crippen molar-refractivity contribution in [3.63, 3.8) is 0 Å². The third kappa shape index (κ3) is 4.78. The summed E-state index contributed by atoms with van der Waals surface area (Å²) in [6.45, 7) is 3.95. The first-order valence-corrected chi connectivity index (χ1v) is 11.1. The molecule has 0 atom stereocenters. The number of carbonyl (C=O) groups excluding carboxylic acids is 1. The van der Waals surface area contributed by atoms with Crippen molar-refractivity contribution in [2.75, 3.05) is 5.75 Å². The molecule has 4 rings (SSSR count). The lowest BCUT2D eigenvalue weighted by molar-refractivity contribution is -0.118. The molecule has 1 aromatic heterocycles. The molecule has 4 aromatic rings. The molecule has 32 heavy (non-hydrogen) atoms. The van der Waals surface area contributed by atoms with Crippen LogP contribution in [-0.4, -0.2) is 27.4 Å². The number of nitrogens with one attached hydrogen (secondary N) is 1. The molecule has 0 bridgehead atoms. The first-order chi connectivity index (χ1) is 15.5. The molecule has 0 radical (unpaired) electrons. The van der Waals surface area contributed by atoms with Crippen LogP contribution in [-0.2, 0) is 4.79 Å². The lowest BCUT2D eigenvalue weighted by Gasteiger charge is -2.14. The number of aromatic nitrogens is 2. The van der Waals surface area contributed by atoms with E-state index in [-0.39, 0.29) is 17.2 Å². The van der Waals surface area contributed by atoms with Gasteiger partial charge in [-0.1, -0.05) is 71.9 Å². The van der Waals surface area contributed by atoms with Gasteiger partial charge in [-0.3, -0.25) is 14.2 Å². The molecule has 0 aliphatic carbocycles. The summed E-state index contributed by atoms with van der Waals surface area (Å²) in [7, 11) is 0. The quantitative estimate of drug-likeness (QED) is 0.210. The average Bonchev–Trinajstić information content (AvgIpc) is 2.80. The zero-order valence-electron chi connectivity index (χ0n) is 17.8. The predicted octanol–water partition coefficient (Wildman–Crippen LogP) is 4.24. The average molecular weight is 443 g/mol. The van der Waals surface area contributed by atoms with E-state index < -0.39 is 0 Å². The molecule has 0 saturated carbocycles. The SMILES string of the molecule is Cc1ccc(/C=N\NC(=O)CSc2nc3ccccc3c(=O)n2-c2ccccc2C)cc1. The summed E-state index contributed by atoms with van der Waals surface area (Å²) >= 11 is 1.20. The number of benzene rings is 3. The summed E-state index contributed by atoms with van der Waals surface area (Å²) < 4.78 is 1.57. The standard InChI is InChI=1S/C25H22N4O2S/c1-17-11-13-19(14-12-17)15-26-28-23(30)16-32-25-27-21-9-5-4-8-20(21)24(31)29(25)22-10-6-3-7-18(22)2/h3-15H,16H2,1-2H3,(H,28,30)/b26-15-. The lowest BCUT2D eigenvalue weighted by atomic mass is 10.2. The molecule has 7 heteroatoms. The fourth-order valence-electron chi connectivity index (χ4n) is 3.23. The number of hydrogen-bond donors (Lipinski definition) is 1. The van der Waals surface area contributed by atoms with Gasteiger partial charge in [0.05, 0.1) is 28.6 Å². The van der Waals surface area contributed by atoms with Crippen molar-refractivity contribution in [1.29, 1.82) is 0 Å². The Morgan fingerprint density at radius 3 is 2.53 bits per heavy atom. The van der Waals surface area contributed by atoms with E-state index in [4.69, 9.17) is 0 Å². The van der Waals surface area contributed by atoms with Gasteiger partial charge in [-0.15, -0.1) is 0 Å². The molecule has 1 heterocycles. The molecule has 3 aromatic carbocycles. The van der Waals surface area contributed by atoms with Gasteiger partial charge in [0, 0.05) is 0 Å². The van der Waals surface area contributed by atoms with E-state index in [0.29, 0.717) is 16.1 Å². The zero-order chi connectivity index (χ0) is 22.5. The van der Waals surface area contributed by atoms with Crippen LogP contribution in [0, 0.1) is 13.8 Å². The molecular formula is C25H22N4O2S. The highest BCUT2D eigenvalue weighted by Gasteiger charge is 2.15. The number of aryl methyl sites for hydroxylation is 2. The summed E-state index contributed by atoms with van der Waals surface area (Å²) in [4.78, 5) is 30.3. The van der Waals surface area contributed by atoms with E-state index in [1.165, 1.54) is 11.8 Å². The van der Waals surface area contributed by atoms with E-state index in [9.17, 15) is 9.59 Å². The van der Waals surface area contributed by atoms with Crippen LogP contribution in [0.1, 0.15) is 16.7 Å². The highest BCUT2D eigenvalue weighted by Crippen LogP contribution is 2.22. The minimum Gasteiger partial charge on any atom is -0.272 e. The monoisotopic (exact) mass is 442 g/mol. The van der Waals surface area contributed by atoms with Crippen LogP contribution in [0.3, 0.4) is 0 Å². The van der Waals surface area contributed by atoms with E-state index in [2.05, 4.69) is 15.5 Å². The van der Waals surface area contributed by atoms with Gasteiger partial charge in [0.25, 0.3) is 11.5 Å². The fraction of sp³-hybridized carbons (Fsp3) is 0.120. The molecule has 0 aliphatic heterocycles. The molecule has 0 unspecified atom stereocenters. The number of amides is 1. The minimum atomic E-state index is -0.280. The van der Waals surface area contributed by atoms with Crippen molar-refractivity contribution in [3.8, 4) is 5.69 Å². The summed E-state index contributed by atoms with van der Waals surface area (Å²) in [5, 5.41) is 5.01. The molecule has 160 valence electrons. The third-order valence-corrected chi connectivity index (χ3v) is 5.85. The number of thioether (sulfide) groups is 1. The van der Waals surface area contributed by atoms with Gasteiger partial charge >= 0.3 is 0 Å². The highest BCUT2D eigenvalue weighted by molar-refractivity contribution is 7.99. The van der Waals surface area contributed by atoms with Gasteiger partial charge < -0.3 is 0 Å². The number of nitrogens with zero attached hydrogens (tertiary/aromatic N) is 3. The van der Waals surface area contributed by atoms with Gasteiger partial charge in [0.15, 0.2) is 5.16 Å². The Balaban J connectivity index is 1.57. The third-order valence-electron chi connectivity index (χ3n) is 4.91. The van der Waals surface area contributed by atoms with Gasteiger partial charge in [0.2, 0.25) is 0 Å². The first-order valence-electron chi connectivity index (χ1n) is 10.1. The molecule has 1 N–H and O–H groups in total. The van der Waals surface area contributed by atoms with Gasteiger partial charge in [-0.25, -0.2) is 10.4 Å².